The second-order valence-electron chi connectivity index (χ2n) is 4.66. The standard InChI is InChI=1S/C13H21NO2S/c1-10(2)12-4-6-13(7-5-12)17(15,16)11(3)8-9-14/h4-7,10-11H,8-9,14H2,1-3H3. The van der Waals surface area contributed by atoms with E-state index in [1.54, 1.807) is 19.1 Å². The summed E-state index contributed by atoms with van der Waals surface area (Å²) in [5.41, 5.74) is 6.55. The number of hydrogen-bond acceptors (Lipinski definition) is 3. The highest BCUT2D eigenvalue weighted by Crippen LogP contribution is 2.21. The molecule has 96 valence electrons. The second-order valence-corrected chi connectivity index (χ2v) is 7.02. The Labute approximate surface area is 104 Å². The van der Waals surface area contributed by atoms with Crippen LogP contribution in [0.3, 0.4) is 0 Å². The summed E-state index contributed by atoms with van der Waals surface area (Å²) in [6.07, 6.45) is 0.494. The Bertz CT molecular complexity index is 449. The van der Waals surface area contributed by atoms with Crippen LogP contribution < -0.4 is 5.73 Å². The number of sulfone groups is 1. The third-order valence-electron chi connectivity index (χ3n) is 2.98. The molecule has 2 N–H and O–H groups in total. The molecule has 0 radical (unpaired) electrons. The molecule has 0 saturated carbocycles. The largest absolute Gasteiger partial charge is 0.330 e. The van der Waals surface area contributed by atoms with Crippen molar-refractivity contribution >= 4 is 9.84 Å². The predicted molar refractivity (Wildman–Crippen MR) is 70.9 cm³/mol. The maximum absolute atomic E-state index is 12.1. The Morgan fingerprint density at radius 2 is 1.65 bits per heavy atom. The molecular weight excluding hydrogens is 234 g/mol. The molecule has 4 heteroatoms. The molecule has 1 atom stereocenters. The van der Waals surface area contributed by atoms with E-state index in [0.29, 0.717) is 23.8 Å². The minimum Gasteiger partial charge on any atom is -0.330 e. The third-order valence-corrected chi connectivity index (χ3v) is 5.20. The van der Waals surface area contributed by atoms with Crippen LogP contribution in [0.4, 0.5) is 0 Å². The van der Waals surface area contributed by atoms with E-state index < -0.39 is 15.1 Å². The highest BCUT2D eigenvalue weighted by Gasteiger charge is 2.22. The zero-order valence-corrected chi connectivity index (χ0v) is 11.5. The summed E-state index contributed by atoms with van der Waals surface area (Å²) in [6.45, 7) is 6.27. The molecular formula is C13H21NO2S. The van der Waals surface area contributed by atoms with Gasteiger partial charge in [0.25, 0.3) is 0 Å². The molecule has 0 aliphatic rings. The highest BCUT2D eigenvalue weighted by molar-refractivity contribution is 7.92. The van der Waals surface area contributed by atoms with Crippen LogP contribution in [0.25, 0.3) is 0 Å². The molecule has 3 nitrogen and oxygen atoms in total. The Hall–Kier alpha value is -0.870. The van der Waals surface area contributed by atoms with Gasteiger partial charge in [0.15, 0.2) is 9.84 Å². The maximum Gasteiger partial charge on any atom is 0.181 e. The molecule has 0 aliphatic carbocycles. The molecule has 0 heterocycles. The van der Waals surface area contributed by atoms with E-state index >= 15 is 0 Å². The van der Waals surface area contributed by atoms with Crippen LogP contribution >= 0.6 is 0 Å². The first-order valence-corrected chi connectivity index (χ1v) is 7.48. The summed E-state index contributed by atoms with van der Waals surface area (Å²) >= 11 is 0. The van der Waals surface area contributed by atoms with Crippen LogP contribution in [0.5, 0.6) is 0 Å². The Morgan fingerprint density at radius 1 is 1.12 bits per heavy atom. The fraction of sp³-hybridized carbons (Fsp3) is 0.538. The van der Waals surface area contributed by atoms with Crippen LogP contribution in [-0.2, 0) is 9.84 Å². The van der Waals surface area contributed by atoms with E-state index in [1.165, 1.54) is 0 Å². The first-order chi connectivity index (χ1) is 7.89. The summed E-state index contributed by atoms with van der Waals surface area (Å²) in [5, 5.41) is -0.419. The molecule has 1 aromatic rings. The van der Waals surface area contributed by atoms with Crippen molar-refractivity contribution in [2.45, 2.75) is 43.3 Å². The molecule has 0 fully saturated rings. The first kappa shape index (κ1) is 14.2. The molecule has 0 bridgehead atoms. The second kappa shape index (κ2) is 5.65. The van der Waals surface area contributed by atoms with Crippen molar-refractivity contribution in [3.63, 3.8) is 0 Å². The normalized spacial score (nSPS) is 13.9. The fourth-order valence-electron chi connectivity index (χ4n) is 1.66. The van der Waals surface area contributed by atoms with Crippen molar-refractivity contribution in [1.29, 1.82) is 0 Å². The Morgan fingerprint density at radius 3 is 2.06 bits per heavy atom. The monoisotopic (exact) mass is 255 g/mol. The van der Waals surface area contributed by atoms with Gasteiger partial charge in [0, 0.05) is 0 Å². The van der Waals surface area contributed by atoms with Crippen LogP contribution in [0.1, 0.15) is 38.7 Å². The average Bonchev–Trinajstić information content (AvgIpc) is 2.29. The molecule has 1 unspecified atom stereocenters. The number of benzene rings is 1. The third kappa shape index (κ3) is 3.30. The topological polar surface area (TPSA) is 60.2 Å². The zero-order valence-electron chi connectivity index (χ0n) is 10.7. The first-order valence-electron chi connectivity index (χ1n) is 5.93. The molecule has 0 aromatic heterocycles. The van der Waals surface area contributed by atoms with Gasteiger partial charge >= 0.3 is 0 Å². The van der Waals surface area contributed by atoms with Crippen molar-refractivity contribution in [2.75, 3.05) is 6.54 Å². The van der Waals surface area contributed by atoms with Crippen LogP contribution in [-0.4, -0.2) is 20.2 Å². The molecule has 17 heavy (non-hydrogen) atoms. The average molecular weight is 255 g/mol. The smallest absolute Gasteiger partial charge is 0.181 e. The summed E-state index contributed by atoms with van der Waals surface area (Å²) in [6, 6.07) is 7.15. The summed E-state index contributed by atoms with van der Waals surface area (Å²) in [4.78, 5) is 0.392. The van der Waals surface area contributed by atoms with E-state index in [-0.39, 0.29) is 0 Å². The minimum absolute atomic E-state index is 0.392. The van der Waals surface area contributed by atoms with Crippen molar-refractivity contribution in [3.05, 3.63) is 29.8 Å². The van der Waals surface area contributed by atoms with Crippen molar-refractivity contribution in [3.8, 4) is 0 Å². The SMILES string of the molecule is CC(C)c1ccc(S(=O)(=O)C(C)CCN)cc1. The predicted octanol–water partition coefficient (Wildman–Crippen LogP) is 2.32. The number of rotatable bonds is 5. The van der Waals surface area contributed by atoms with Crippen LogP contribution in [0, 0.1) is 0 Å². The van der Waals surface area contributed by atoms with Gasteiger partial charge in [0.05, 0.1) is 10.1 Å². The quantitative estimate of drug-likeness (QED) is 0.878. The van der Waals surface area contributed by atoms with E-state index in [0.717, 1.165) is 5.56 Å². The lowest BCUT2D eigenvalue weighted by Crippen LogP contribution is -2.21. The van der Waals surface area contributed by atoms with Gasteiger partial charge in [-0.15, -0.1) is 0 Å². The summed E-state index contributed by atoms with van der Waals surface area (Å²) in [5.74, 6) is 0.410. The maximum atomic E-state index is 12.1. The minimum atomic E-state index is -3.22. The van der Waals surface area contributed by atoms with Gasteiger partial charge in [0.1, 0.15) is 0 Å². The molecule has 1 rings (SSSR count). The lowest BCUT2D eigenvalue weighted by Gasteiger charge is -2.13. The van der Waals surface area contributed by atoms with Crippen molar-refractivity contribution in [2.24, 2.45) is 5.73 Å². The number of hydrogen-bond donors (Lipinski definition) is 1. The number of nitrogens with two attached hydrogens (primary N) is 1. The van der Waals surface area contributed by atoms with Crippen molar-refractivity contribution < 1.29 is 8.42 Å². The van der Waals surface area contributed by atoms with E-state index in [1.807, 2.05) is 12.1 Å². The molecule has 0 spiro atoms. The lowest BCUT2D eigenvalue weighted by molar-refractivity contribution is 0.578. The summed E-state index contributed by atoms with van der Waals surface area (Å²) < 4.78 is 24.3. The molecule has 0 saturated heterocycles. The van der Waals surface area contributed by atoms with Crippen molar-refractivity contribution in [1.82, 2.24) is 0 Å². The highest BCUT2D eigenvalue weighted by atomic mass is 32.2. The zero-order chi connectivity index (χ0) is 13.1. The van der Waals surface area contributed by atoms with Gasteiger partial charge in [-0.3, -0.25) is 0 Å². The van der Waals surface area contributed by atoms with Crippen LogP contribution in [0.15, 0.2) is 29.2 Å². The van der Waals surface area contributed by atoms with Gasteiger partial charge in [0.2, 0.25) is 0 Å². The molecule has 0 amide bonds. The van der Waals surface area contributed by atoms with E-state index in [2.05, 4.69) is 13.8 Å². The van der Waals surface area contributed by atoms with Crippen LogP contribution in [0.2, 0.25) is 0 Å². The van der Waals surface area contributed by atoms with Gasteiger partial charge in [-0.25, -0.2) is 8.42 Å². The summed E-state index contributed by atoms with van der Waals surface area (Å²) in [7, 11) is -3.22. The fourth-order valence-corrected chi connectivity index (χ4v) is 3.09. The van der Waals surface area contributed by atoms with E-state index in [4.69, 9.17) is 5.73 Å². The van der Waals surface area contributed by atoms with Gasteiger partial charge < -0.3 is 5.73 Å². The Kier molecular flexibility index (Phi) is 4.71. The van der Waals surface area contributed by atoms with Gasteiger partial charge in [-0.2, -0.15) is 0 Å². The van der Waals surface area contributed by atoms with E-state index in [9.17, 15) is 8.42 Å². The molecule has 1 aromatic carbocycles. The molecule has 0 aliphatic heterocycles. The van der Waals surface area contributed by atoms with Gasteiger partial charge in [-0.1, -0.05) is 26.0 Å². The van der Waals surface area contributed by atoms with Gasteiger partial charge in [-0.05, 0) is 43.5 Å². The Balaban J connectivity index is 3.00. The lowest BCUT2D eigenvalue weighted by atomic mass is 10.0.